The summed E-state index contributed by atoms with van der Waals surface area (Å²) in [5, 5.41) is 9.35. The number of carbonyl (C=O) groups excluding carboxylic acids is 2. The van der Waals surface area contributed by atoms with Crippen LogP contribution in [0.2, 0.25) is 0 Å². The third kappa shape index (κ3) is 5.01. The number of Topliss-reactive ketones (excluding diaryl/α,β-unsaturated/α-hetero) is 1. The highest BCUT2D eigenvalue weighted by atomic mass is 16.5. The van der Waals surface area contributed by atoms with Gasteiger partial charge in [0, 0.05) is 24.5 Å². The van der Waals surface area contributed by atoms with Crippen LogP contribution >= 0.6 is 0 Å². The molecule has 4 aliphatic carbocycles. The highest BCUT2D eigenvalue weighted by molar-refractivity contribution is 5.87. The van der Waals surface area contributed by atoms with Crippen molar-refractivity contribution in [1.82, 2.24) is 15.0 Å². The fraction of sp³-hybridized carbons (Fsp3) is 0.879. The van der Waals surface area contributed by atoms with E-state index in [1.54, 1.807) is 0 Å². The Morgan fingerprint density at radius 3 is 2.69 bits per heavy atom. The summed E-state index contributed by atoms with van der Waals surface area (Å²) in [5.41, 5.74) is 0.985. The summed E-state index contributed by atoms with van der Waals surface area (Å²) < 4.78 is 7.14. The van der Waals surface area contributed by atoms with Crippen LogP contribution in [0.5, 0.6) is 0 Å². The minimum absolute atomic E-state index is 0.0971. The largest absolute Gasteiger partial charge is 0.469 e. The number of hydrogen-bond acceptors (Lipinski definition) is 5. The number of hydrogen-bond donors (Lipinski definition) is 0. The number of aryl methyl sites for hydroxylation is 1. The van der Waals surface area contributed by atoms with Crippen molar-refractivity contribution >= 4 is 11.8 Å². The van der Waals surface area contributed by atoms with Gasteiger partial charge in [0.1, 0.15) is 5.78 Å². The minimum atomic E-state index is -0.247. The number of carbonyl (C=O) groups is 2. The molecule has 9 atom stereocenters. The number of fused-ring (bicyclic) bond motifs is 5. The highest BCUT2D eigenvalue weighted by Crippen LogP contribution is 2.69. The van der Waals surface area contributed by atoms with E-state index in [1.807, 2.05) is 0 Å². The molecule has 4 aliphatic rings. The molecule has 0 bridgehead atoms. The lowest BCUT2D eigenvalue weighted by molar-refractivity contribution is -0.164. The molecule has 1 heterocycles. The molecule has 0 amide bonds. The molecule has 6 heteroatoms. The molecule has 0 saturated heterocycles. The van der Waals surface area contributed by atoms with Crippen molar-refractivity contribution in [2.24, 2.45) is 46.3 Å². The molecular formula is C33H53N3O3. The Labute approximate surface area is 236 Å². The maximum atomic E-state index is 14.3. The maximum Gasteiger partial charge on any atom is 0.305 e. The number of esters is 1. The van der Waals surface area contributed by atoms with Crippen LogP contribution in [0.15, 0.2) is 6.20 Å². The quantitative estimate of drug-likeness (QED) is 0.229. The monoisotopic (exact) mass is 539 g/mol. The Balaban J connectivity index is 1.36. The number of unbranched alkanes of at least 4 members (excludes halogenated alkanes) is 3. The number of rotatable bonds is 10. The van der Waals surface area contributed by atoms with E-state index in [4.69, 9.17) is 9.95 Å². The second-order valence-electron chi connectivity index (χ2n) is 14.2. The fourth-order valence-corrected chi connectivity index (χ4v) is 10.3. The first-order valence-corrected chi connectivity index (χ1v) is 16.3. The van der Waals surface area contributed by atoms with E-state index in [2.05, 4.69) is 43.7 Å². The SMILES string of the molecule is CCCCCCc1cn(C2CCCC3CCC4C5CCC([C@H](C)CCC(=O)OC)C5(C)C(=O)CC4C32C)nn1. The number of aromatic nitrogens is 3. The van der Waals surface area contributed by atoms with Gasteiger partial charge in [-0.15, -0.1) is 5.10 Å². The van der Waals surface area contributed by atoms with Crippen molar-refractivity contribution in [3.8, 4) is 0 Å². The predicted octanol–water partition coefficient (Wildman–Crippen LogP) is 7.37. The lowest BCUT2D eigenvalue weighted by Crippen LogP contribution is -2.59. The van der Waals surface area contributed by atoms with Crippen LogP contribution in [0.4, 0.5) is 0 Å². The van der Waals surface area contributed by atoms with Crippen LogP contribution < -0.4 is 0 Å². The summed E-state index contributed by atoms with van der Waals surface area (Å²) in [6.45, 7) is 9.35. The minimum Gasteiger partial charge on any atom is -0.469 e. The fourth-order valence-electron chi connectivity index (χ4n) is 10.3. The first-order valence-electron chi connectivity index (χ1n) is 16.3. The lowest BCUT2D eigenvalue weighted by Gasteiger charge is -2.62. The van der Waals surface area contributed by atoms with Gasteiger partial charge in [-0.25, -0.2) is 4.68 Å². The molecule has 1 aromatic rings. The van der Waals surface area contributed by atoms with E-state index < -0.39 is 0 Å². The molecule has 218 valence electrons. The zero-order valence-electron chi connectivity index (χ0n) is 25.3. The van der Waals surface area contributed by atoms with Gasteiger partial charge in [0.2, 0.25) is 0 Å². The molecule has 1 aromatic heterocycles. The van der Waals surface area contributed by atoms with Gasteiger partial charge in [-0.1, -0.05) is 58.6 Å². The summed E-state index contributed by atoms with van der Waals surface area (Å²) in [6.07, 6.45) is 18.8. The van der Waals surface area contributed by atoms with E-state index in [1.165, 1.54) is 58.5 Å². The Morgan fingerprint density at radius 2 is 1.92 bits per heavy atom. The second kappa shape index (κ2) is 11.6. The number of methoxy groups -OCH3 is 1. The zero-order valence-corrected chi connectivity index (χ0v) is 25.3. The number of nitrogens with zero attached hydrogens (tertiary/aromatic N) is 3. The van der Waals surface area contributed by atoms with Gasteiger partial charge in [-0.2, -0.15) is 0 Å². The molecule has 4 fully saturated rings. The topological polar surface area (TPSA) is 74.1 Å². The smallest absolute Gasteiger partial charge is 0.305 e. The van der Waals surface area contributed by atoms with Crippen molar-refractivity contribution in [1.29, 1.82) is 0 Å². The van der Waals surface area contributed by atoms with E-state index in [0.29, 0.717) is 53.8 Å². The molecular weight excluding hydrogens is 486 g/mol. The van der Waals surface area contributed by atoms with Crippen LogP contribution in [0.1, 0.15) is 129 Å². The molecule has 0 spiro atoms. The molecule has 39 heavy (non-hydrogen) atoms. The van der Waals surface area contributed by atoms with Gasteiger partial charge < -0.3 is 4.74 Å². The molecule has 4 saturated carbocycles. The summed E-state index contributed by atoms with van der Waals surface area (Å²) in [5.74, 6) is 3.30. The van der Waals surface area contributed by atoms with Crippen molar-refractivity contribution in [3.63, 3.8) is 0 Å². The molecule has 6 nitrogen and oxygen atoms in total. The molecule has 0 radical (unpaired) electrons. The molecule has 8 unspecified atom stereocenters. The Morgan fingerprint density at radius 1 is 1.10 bits per heavy atom. The molecule has 5 rings (SSSR count). The van der Waals surface area contributed by atoms with E-state index >= 15 is 0 Å². The maximum absolute atomic E-state index is 14.3. The third-order valence-corrected chi connectivity index (χ3v) is 12.5. The van der Waals surface area contributed by atoms with E-state index in [9.17, 15) is 9.59 Å². The first-order chi connectivity index (χ1) is 18.7. The van der Waals surface area contributed by atoms with E-state index in [0.717, 1.165) is 44.2 Å². The van der Waals surface area contributed by atoms with E-state index in [-0.39, 0.29) is 16.8 Å². The third-order valence-electron chi connectivity index (χ3n) is 12.5. The first kappa shape index (κ1) is 28.8. The predicted molar refractivity (Wildman–Crippen MR) is 153 cm³/mol. The van der Waals surface area contributed by atoms with Crippen molar-refractivity contribution in [2.75, 3.05) is 7.11 Å². The van der Waals surface area contributed by atoms with Crippen LogP contribution in [0, 0.1) is 46.3 Å². The van der Waals surface area contributed by atoms with Gasteiger partial charge in [-0.3, -0.25) is 9.59 Å². The summed E-state index contributed by atoms with van der Waals surface area (Å²) in [4.78, 5) is 26.1. The molecule has 0 aromatic carbocycles. The highest BCUT2D eigenvalue weighted by Gasteiger charge is 2.65. The summed E-state index contributed by atoms with van der Waals surface area (Å²) in [6, 6.07) is 0.342. The number of ketones is 1. The van der Waals surface area contributed by atoms with Crippen LogP contribution in [0.25, 0.3) is 0 Å². The van der Waals surface area contributed by atoms with Crippen LogP contribution in [-0.4, -0.2) is 33.9 Å². The van der Waals surface area contributed by atoms with Gasteiger partial charge in [0.05, 0.1) is 18.8 Å². The van der Waals surface area contributed by atoms with Crippen molar-refractivity contribution in [2.45, 2.75) is 130 Å². The van der Waals surface area contributed by atoms with Gasteiger partial charge >= 0.3 is 5.97 Å². The van der Waals surface area contributed by atoms with Gasteiger partial charge in [0.25, 0.3) is 0 Å². The lowest BCUT2D eigenvalue weighted by atomic mass is 9.43. The standard InChI is InChI=1S/C33H53N3O3/c1-6-7-8-9-12-24-21-36(35-34-24)29-13-10-11-23-15-16-25-27-18-17-26(22(2)14-19-31(38)39-5)33(27,4)30(37)20-28(25)32(23,29)3/h21-23,25-29H,6-20H2,1-5H3/t22-,23?,25?,26?,27?,28?,29?,32?,33?/m1/s1. The molecule has 0 N–H and O–H groups in total. The summed E-state index contributed by atoms with van der Waals surface area (Å²) >= 11 is 0. The summed E-state index contributed by atoms with van der Waals surface area (Å²) in [7, 11) is 1.47. The second-order valence-corrected chi connectivity index (χ2v) is 14.2. The molecule has 0 aliphatic heterocycles. The average molecular weight is 540 g/mol. The van der Waals surface area contributed by atoms with Gasteiger partial charge in [-0.05, 0) is 98.7 Å². The Hall–Kier alpha value is -1.72. The van der Waals surface area contributed by atoms with Crippen molar-refractivity contribution in [3.05, 3.63) is 11.9 Å². The average Bonchev–Trinajstić information content (AvgIpc) is 3.54. The van der Waals surface area contributed by atoms with Gasteiger partial charge in [0.15, 0.2) is 0 Å². The van der Waals surface area contributed by atoms with Crippen LogP contribution in [0.3, 0.4) is 0 Å². The Bertz CT molecular complexity index is 1020. The zero-order chi connectivity index (χ0) is 27.8. The van der Waals surface area contributed by atoms with Crippen LogP contribution in [-0.2, 0) is 20.7 Å². The normalized spacial score (nSPS) is 38.5. The Kier molecular flexibility index (Phi) is 8.60. The van der Waals surface area contributed by atoms with Crippen molar-refractivity contribution < 1.29 is 14.3 Å². The number of ether oxygens (including phenoxy) is 1.